The average molecular weight is 225 g/mol. The van der Waals surface area contributed by atoms with E-state index in [2.05, 4.69) is 11.9 Å². The summed E-state index contributed by atoms with van der Waals surface area (Å²) < 4.78 is 14.6. The van der Waals surface area contributed by atoms with Crippen LogP contribution in [-0.4, -0.2) is 15.7 Å². The van der Waals surface area contributed by atoms with E-state index in [0.717, 1.165) is 12.8 Å². The van der Waals surface area contributed by atoms with Gasteiger partial charge in [-0.25, -0.2) is 4.79 Å². The van der Waals surface area contributed by atoms with Gasteiger partial charge in [-0.05, 0) is 25.3 Å². The molecule has 1 aliphatic rings. The molecule has 1 aromatic rings. The van der Waals surface area contributed by atoms with Crippen molar-refractivity contribution < 1.29 is 6.11 Å². The number of anilines is 1. The fourth-order valence-corrected chi connectivity index (χ4v) is 2.03. The molecule has 2 heterocycles. The summed E-state index contributed by atoms with van der Waals surface area (Å²) in [5.74, 6) is 0.551. The Hall–Kier alpha value is -1.36. The minimum Gasteiger partial charge on any atom is -0.383 e. The topological polar surface area (TPSA) is 70.1 Å². The van der Waals surface area contributed by atoms with Gasteiger partial charge in [0.1, 0.15) is 12.0 Å². The Balaban J connectivity index is 2.22. The van der Waals surface area contributed by atoms with E-state index in [1.54, 1.807) is 12.3 Å². The zero-order valence-electron chi connectivity index (χ0n) is 10.3. The third-order valence-electron chi connectivity index (χ3n) is 3.05. The molecule has 0 radical (unpaired) electrons. The maximum atomic E-state index is 11.7. The fourth-order valence-electron chi connectivity index (χ4n) is 2.03. The lowest BCUT2D eigenvalue weighted by Gasteiger charge is -2.13. The zero-order valence-corrected chi connectivity index (χ0v) is 9.30. The van der Waals surface area contributed by atoms with Crippen molar-refractivity contribution in [3.05, 3.63) is 22.7 Å². The van der Waals surface area contributed by atoms with Crippen LogP contribution < -0.4 is 11.4 Å². The first-order valence-electron chi connectivity index (χ1n) is 6.15. The number of nitrogens with two attached hydrogens (primary N) is 1. The van der Waals surface area contributed by atoms with Gasteiger partial charge in [-0.3, -0.25) is 4.57 Å². The van der Waals surface area contributed by atoms with Gasteiger partial charge in [-0.1, -0.05) is 13.3 Å². The molecule has 2 N–H and O–H groups in total. The maximum absolute atomic E-state index is 11.7. The molecule has 1 aromatic heterocycles. The summed E-state index contributed by atoms with van der Waals surface area (Å²) in [6.45, 7) is 2.30. The van der Waals surface area contributed by atoms with Crippen LogP contribution in [0.15, 0.2) is 17.1 Å². The van der Waals surface area contributed by atoms with E-state index in [1.165, 1.54) is 4.57 Å². The predicted octanol–water partition coefficient (Wildman–Crippen LogP) is 1.16. The van der Waals surface area contributed by atoms with Crippen LogP contribution in [0.3, 0.4) is 0 Å². The number of rotatable bonds is 2. The van der Waals surface area contributed by atoms with E-state index in [9.17, 15) is 4.79 Å². The molecule has 1 saturated heterocycles. The lowest BCUT2D eigenvalue weighted by atomic mass is 9.99. The Kier molecular flexibility index (Phi) is 2.61. The van der Waals surface area contributed by atoms with Gasteiger partial charge in [0.05, 0.1) is 6.10 Å². The molecule has 5 nitrogen and oxygen atoms in total. The van der Waals surface area contributed by atoms with Crippen molar-refractivity contribution >= 4 is 5.82 Å². The number of hydrogen-bond donors (Lipinski definition) is 1. The normalized spacial score (nSPS) is 30.3. The van der Waals surface area contributed by atoms with E-state index < -0.39 is 5.69 Å². The van der Waals surface area contributed by atoms with Crippen molar-refractivity contribution in [2.45, 2.75) is 39.0 Å². The second-order valence-electron chi connectivity index (χ2n) is 4.08. The Bertz CT molecular complexity index is 437. The number of aromatic nitrogens is 2. The zero-order chi connectivity index (χ0) is 12.4. The summed E-state index contributed by atoms with van der Waals surface area (Å²) in [5.41, 5.74) is 5.04. The monoisotopic (exact) mass is 225 g/mol. The highest BCUT2D eigenvalue weighted by atomic mass is 16.5. The van der Waals surface area contributed by atoms with Crippen molar-refractivity contribution in [1.29, 1.82) is 0 Å². The average Bonchev–Trinajstić information content (AvgIpc) is 2.72. The Morgan fingerprint density at radius 3 is 3.19 bits per heavy atom. The molecule has 2 rings (SSSR count). The third kappa shape index (κ3) is 1.95. The standard InChI is InChI=1S/C11H17N3O2/c1-3-8-6-10(16-7(8)2)14-5-4-9(12)13-11(14)15/h4-5,7-8,10H,3,6H2,1-2H3,(H2,12,13,15)/t7-,8+,10-/m1/s1/i2T. The van der Waals surface area contributed by atoms with Gasteiger partial charge < -0.3 is 10.5 Å². The molecule has 3 atom stereocenters. The van der Waals surface area contributed by atoms with Crippen LogP contribution in [-0.2, 0) is 4.74 Å². The summed E-state index contributed by atoms with van der Waals surface area (Å²) in [7, 11) is 0. The number of nitrogens with zero attached hydrogens (tertiary/aromatic N) is 2. The second-order valence-corrected chi connectivity index (χ2v) is 4.08. The molecule has 0 aliphatic carbocycles. The molecule has 0 amide bonds. The lowest BCUT2D eigenvalue weighted by Crippen LogP contribution is -2.27. The Labute approximate surface area is 95.6 Å². The quantitative estimate of drug-likeness (QED) is 0.820. The summed E-state index contributed by atoms with van der Waals surface area (Å²) >= 11 is 0. The SMILES string of the molecule is [3H]C[C@H]1O[C@@H](n2ccc(N)nc2=O)C[C@@H]1CC. The molecule has 1 fully saturated rings. The van der Waals surface area contributed by atoms with Gasteiger partial charge in [-0.15, -0.1) is 0 Å². The van der Waals surface area contributed by atoms with Crippen LogP contribution >= 0.6 is 0 Å². The molecular weight excluding hydrogens is 206 g/mol. The molecule has 0 spiro atoms. The summed E-state index contributed by atoms with van der Waals surface area (Å²) in [6, 6.07) is 1.58. The van der Waals surface area contributed by atoms with Crippen molar-refractivity contribution in [3.8, 4) is 0 Å². The predicted molar refractivity (Wildman–Crippen MR) is 60.9 cm³/mol. The van der Waals surface area contributed by atoms with E-state index in [0.29, 0.717) is 5.92 Å². The molecule has 1 aliphatic heterocycles. The number of hydrogen-bond acceptors (Lipinski definition) is 4. The van der Waals surface area contributed by atoms with Gasteiger partial charge in [0.2, 0.25) is 0 Å². The van der Waals surface area contributed by atoms with Crippen LogP contribution in [0, 0.1) is 5.92 Å². The fraction of sp³-hybridized carbons (Fsp3) is 0.636. The minimum absolute atomic E-state index is 0.0885. The van der Waals surface area contributed by atoms with E-state index in [-0.39, 0.29) is 25.0 Å². The van der Waals surface area contributed by atoms with E-state index in [4.69, 9.17) is 11.8 Å². The van der Waals surface area contributed by atoms with Crippen LogP contribution in [0.5, 0.6) is 0 Å². The highest BCUT2D eigenvalue weighted by Crippen LogP contribution is 2.34. The van der Waals surface area contributed by atoms with Gasteiger partial charge in [0, 0.05) is 7.57 Å². The molecule has 5 heteroatoms. The van der Waals surface area contributed by atoms with Crippen LogP contribution in [0.4, 0.5) is 5.82 Å². The number of ether oxygens (including phenoxy) is 1. The van der Waals surface area contributed by atoms with Crippen molar-refractivity contribution in [2.24, 2.45) is 5.92 Å². The molecular formula is C11H17N3O2. The molecule has 0 bridgehead atoms. The van der Waals surface area contributed by atoms with E-state index in [1.807, 2.05) is 0 Å². The molecule has 88 valence electrons. The first-order valence-corrected chi connectivity index (χ1v) is 5.45. The van der Waals surface area contributed by atoms with Gasteiger partial charge in [0.15, 0.2) is 0 Å². The third-order valence-corrected chi connectivity index (χ3v) is 3.05. The Morgan fingerprint density at radius 2 is 2.62 bits per heavy atom. The largest absolute Gasteiger partial charge is 0.383 e. The van der Waals surface area contributed by atoms with Crippen molar-refractivity contribution in [1.82, 2.24) is 9.55 Å². The second kappa shape index (κ2) is 4.25. The van der Waals surface area contributed by atoms with Crippen LogP contribution in [0.1, 0.15) is 34.3 Å². The summed E-state index contributed by atoms with van der Waals surface area (Å²) in [6.07, 6.45) is 2.92. The maximum Gasteiger partial charge on any atom is 0.351 e. The smallest absolute Gasteiger partial charge is 0.351 e. The van der Waals surface area contributed by atoms with Crippen LogP contribution in [0.2, 0.25) is 0 Å². The molecule has 16 heavy (non-hydrogen) atoms. The van der Waals surface area contributed by atoms with Gasteiger partial charge in [0.25, 0.3) is 0 Å². The summed E-state index contributed by atoms with van der Waals surface area (Å²) in [5, 5.41) is 0. The van der Waals surface area contributed by atoms with Gasteiger partial charge in [-0.2, -0.15) is 4.98 Å². The molecule has 0 aromatic carbocycles. The Morgan fingerprint density at radius 1 is 1.81 bits per heavy atom. The number of nitrogen functional groups attached to an aromatic ring is 1. The highest BCUT2D eigenvalue weighted by Gasteiger charge is 2.32. The van der Waals surface area contributed by atoms with Crippen molar-refractivity contribution in [3.63, 3.8) is 0 Å². The molecule has 0 unspecified atom stereocenters. The van der Waals surface area contributed by atoms with Crippen LogP contribution in [0.25, 0.3) is 0 Å². The van der Waals surface area contributed by atoms with Crippen molar-refractivity contribution in [2.75, 3.05) is 5.73 Å². The van der Waals surface area contributed by atoms with Gasteiger partial charge >= 0.3 is 5.69 Å². The summed E-state index contributed by atoms with van der Waals surface area (Å²) in [4.78, 5) is 15.3. The minimum atomic E-state index is -0.393. The highest BCUT2D eigenvalue weighted by molar-refractivity contribution is 5.23. The first-order chi connectivity index (χ1) is 8.15. The molecule has 0 saturated carbocycles. The van der Waals surface area contributed by atoms with E-state index >= 15 is 0 Å². The first kappa shape index (κ1) is 9.84. The lowest BCUT2D eigenvalue weighted by molar-refractivity contribution is 0.00202.